The number of hydrogen-bond donors (Lipinski definition) is 7. The van der Waals surface area contributed by atoms with E-state index in [4.69, 9.17) is 5.73 Å². The van der Waals surface area contributed by atoms with Crippen molar-refractivity contribution in [2.24, 2.45) is 5.73 Å². The molecule has 41 heavy (non-hydrogen) atoms. The Bertz CT molecular complexity index is 1330. The van der Waals surface area contributed by atoms with Gasteiger partial charge in [0.1, 0.15) is 18.1 Å². The van der Waals surface area contributed by atoms with Crippen LogP contribution in [0.5, 0.6) is 0 Å². The van der Waals surface area contributed by atoms with Crippen molar-refractivity contribution in [1.82, 2.24) is 20.9 Å². The van der Waals surface area contributed by atoms with Crippen LogP contribution < -0.4 is 21.7 Å². The monoisotopic (exact) mass is 583 g/mol. The molecule has 0 saturated carbocycles. The predicted octanol–water partition coefficient (Wildman–Crippen LogP) is 0.953. The lowest BCUT2D eigenvalue weighted by molar-refractivity contribution is -0.143. The van der Waals surface area contributed by atoms with Gasteiger partial charge in [-0.25, -0.2) is 4.79 Å². The maximum absolute atomic E-state index is 13.4. The summed E-state index contributed by atoms with van der Waals surface area (Å²) in [7, 11) is 0. The van der Waals surface area contributed by atoms with E-state index < -0.39 is 54.0 Å². The number of carbonyl (C=O) groups excluding carboxylic acids is 3. The molecule has 5 unspecified atom stereocenters. The summed E-state index contributed by atoms with van der Waals surface area (Å²) in [5, 5.41) is 28.3. The maximum atomic E-state index is 13.4. The van der Waals surface area contributed by atoms with Crippen molar-refractivity contribution < 1.29 is 29.4 Å². The summed E-state index contributed by atoms with van der Waals surface area (Å²) in [6.45, 7) is 1.31. The fourth-order valence-corrected chi connectivity index (χ4v) is 4.85. The molecule has 11 nitrogen and oxygen atoms in total. The second-order valence-corrected chi connectivity index (χ2v) is 10.8. The first-order valence-corrected chi connectivity index (χ1v) is 14.7. The Morgan fingerprint density at radius 1 is 0.902 bits per heavy atom. The average Bonchev–Trinajstić information content (AvgIpc) is 3.36. The Kier molecular flexibility index (Phi) is 11.7. The molecule has 2 aromatic carbocycles. The summed E-state index contributed by atoms with van der Waals surface area (Å²) in [6, 6.07) is 11.9. The molecular formula is C29H37N5O6S. The summed E-state index contributed by atoms with van der Waals surface area (Å²) in [5.74, 6) is -2.86. The van der Waals surface area contributed by atoms with E-state index in [1.54, 1.807) is 30.5 Å². The highest BCUT2D eigenvalue weighted by Gasteiger charge is 2.33. The van der Waals surface area contributed by atoms with Gasteiger partial charge in [0.15, 0.2) is 0 Å². The van der Waals surface area contributed by atoms with E-state index >= 15 is 0 Å². The van der Waals surface area contributed by atoms with Crippen LogP contribution in [-0.4, -0.2) is 81.2 Å². The van der Waals surface area contributed by atoms with Crippen molar-refractivity contribution in [1.29, 1.82) is 0 Å². The highest BCUT2D eigenvalue weighted by Crippen LogP contribution is 2.19. The Morgan fingerprint density at radius 2 is 1.56 bits per heavy atom. The van der Waals surface area contributed by atoms with Crippen LogP contribution in [0.25, 0.3) is 10.9 Å². The number of aromatic amines is 1. The van der Waals surface area contributed by atoms with Crippen LogP contribution in [-0.2, 0) is 32.0 Å². The molecule has 0 radical (unpaired) electrons. The first-order valence-electron chi connectivity index (χ1n) is 13.3. The van der Waals surface area contributed by atoms with Gasteiger partial charge in [-0.2, -0.15) is 11.8 Å². The topological polar surface area (TPSA) is 187 Å². The lowest BCUT2D eigenvalue weighted by Crippen LogP contribution is -2.60. The largest absolute Gasteiger partial charge is 0.480 e. The molecule has 0 bridgehead atoms. The number of para-hydroxylation sites is 1. The van der Waals surface area contributed by atoms with E-state index in [2.05, 4.69) is 20.9 Å². The number of nitrogens with one attached hydrogen (secondary N) is 4. The smallest absolute Gasteiger partial charge is 0.326 e. The molecule has 8 N–H and O–H groups in total. The van der Waals surface area contributed by atoms with Crippen LogP contribution in [0.1, 0.15) is 24.5 Å². The number of aliphatic carboxylic acids is 1. The van der Waals surface area contributed by atoms with Gasteiger partial charge >= 0.3 is 5.97 Å². The molecule has 0 aliphatic rings. The van der Waals surface area contributed by atoms with Gasteiger partial charge in [-0.1, -0.05) is 48.5 Å². The fraction of sp³-hybridized carbons (Fsp3) is 0.379. The molecule has 0 spiro atoms. The molecule has 0 saturated heterocycles. The minimum Gasteiger partial charge on any atom is -0.480 e. The van der Waals surface area contributed by atoms with Crippen LogP contribution >= 0.6 is 11.8 Å². The van der Waals surface area contributed by atoms with Crippen LogP contribution in [0.3, 0.4) is 0 Å². The molecule has 5 atom stereocenters. The van der Waals surface area contributed by atoms with Crippen molar-refractivity contribution in [2.75, 3.05) is 12.0 Å². The van der Waals surface area contributed by atoms with Crippen molar-refractivity contribution in [3.8, 4) is 0 Å². The van der Waals surface area contributed by atoms with E-state index in [1.165, 1.54) is 18.7 Å². The molecule has 0 aliphatic heterocycles. The normalized spacial score (nSPS) is 14.8. The predicted molar refractivity (Wildman–Crippen MR) is 158 cm³/mol. The van der Waals surface area contributed by atoms with Crippen molar-refractivity contribution in [2.45, 2.75) is 56.5 Å². The number of carboxylic acids is 1. The Morgan fingerprint density at radius 3 is 2.22 bits per heavy atom. The molecule has 3 aromatic rings. The number of aliphatic hydroxyl groups excluding tert-OH is 1. The third-order valence-corrected chi connectivity index (χ3v) is 7.30. The van der Waals surface area contributed by atoms with E-state index in [-0.39, 0.29) is 19.3 Å². The number of hydrogen-bond acceptors (Lipinski definition) is 7. The third kappa shape index (κ3) is 9.07. The summed E-state index contributed by atoms with van der Waals surface area (Å²) < 4.78 is 0. The lowest BCUT2D eigenvalue weighted by atomic mass is 10.0. The van der Waals surface area contributed by atoms with Gasteiger partial charge in [-0.05, 0) is 49.0 Å². The fourth-order valence-electron chi connectivity index (χ4n) is 4.38. The highest BCUT2D eigenvalue weighted by molar-refractivity contribution is 7.98. The number of benzene rings is 2. The number of carboxylic acid groups (broad SMARTS) is 1. The molecular weight excluding hydrogens is 546 g/mol. The second kappa shape index (κ2) is 15.2. The number of fused-ring (bicyclic) bond motifs is 1. The van der Waals surface area contributed by atoms with Crippen LogP contribution in [0, 0.1) is 0 Å². The Balaban J connectivity index is 1.74. The number of H-pyrrole nitrogens is 1. The number of rotatable bonds is 15. The zero-order chi connectivity index (χ0) is 29.9. The summed E-state index contributed by atoms with van der Waals surface area (Å²) >= 11 is 1.43. The quantitative estimate of drug-likeness (QED) is 0.138. The van der Waals surface area contributed by atoms with Gasteiger partial charge in [-0.3, -0.25) is 14.4 Å². The number of amides is 3. The number of nitrogens with two attached hydrogens (primary N) is 1. The minimum atomic E-state index is -1.45. The third-order valence-electron chi connectivity index (χ3n) is 6.66. The molecule has 3 amide bonds. The van der Waals surface area contributed by atoms with Crippen molar-refractivity contribution >= 4 is 46.4 Å². The number of carbonyl (C=O) groups is 4. The Labute approximate surface area is 242 Å². The summed E-state index contributed by atoms with van der Waals surface area (Å²) in [5.41, 5.74) is 8.76. The highest BCUT2D eigenvalue weighted by atomic mass is 32.2. The van der Waals surface area contributed by atoms with Gasteiger partial charge in [0.25, 0.3) is 0 Å². The van der Waals surface area contributed by atoms with Gasteiger partial charge in [0.05, 0.1) is 12.1 Å². The van der Waals surface area contributed by atoms with Gasteiger partial charge < -0.3 is 36.9 Å². The first kappa shape index (κ1) is 31.7. The molecule has 3 rings (SSSR count). The van der Waals surface area contributed by atoms with E-state index in [1.807, 2.05) is 36.6 Å². The minimum absolute atomic E-state index is 0.0951. The van der Waals surface area contributed by atoms with Crippen molar-refractivity contribution in [3.63, 3.8) is 0 Å². The standard InChI is InChI=1S/C29H37N5O6S/c1-17(35)25(28(38)32-23(29(39)40)12-13-41-2)34-27(37)24(14-18-8-4-3-5-9-18)33-26(36)21(30)15-19-16-31-22-11-7-6-10-20(19)22/h3-11,16-17,21,23-25,31,35H,12-15,30H2,1-2H3,(H,32,38)(H,33,36)(H,34,37)(H,39,40). The van der Waals surface area contributed by atoms with Gasteiger partial charge in [0.2, 0.25) is 17.7 Å². The molecule has 1 heterocycles. The van der Waals surface area contributed by atoms with Crippen molar-refractivity contribution in [3.05, 3.63) is 71.9 Å². The average molecular weight is 584 g/mol. The molecule has 220 valence electrons. The molecule has 12 heteroatoms. The Hall–Kier alpha value is -3.87. The zero-order valence-electron chi connectivity index (χ0n) is 23.0. The van der Waals surface area contributed by atoms with Crippen LogP contribution in [0.4, 0.5) is 0 Å². The number of aromatic nitrogens is 1. The summed E-state index contributed by atoms with van der Waals surface area (Å²) in [4.78, 5) is 54.3. The van der Waals surface area contributed by atoms with Gasteiger partial charge in [0, 0.05) is 23.5 Å². The SMILES string of the molecule is CSCCC(NC(=O)C(NC(=O)C(Cc1ccccc1)NC(=O)C(N)Cc1c[nH]c2ccccc12)C(C)O)C(=O)O. The number of aliphatic hydroxyl groups is 1. The molecule has 0 fully saturated rings. The van der Waals surface area contributed by atoms with Crippen LogP contribution in [0.15, 0.2) is 60.8 Å². The summed E-state index contributed by atoms with van der Waals surface area (Å²) in [6.07, 6.45) is 2.75. The first-order chi connectivity index (χ1) is 19.6. The number of thioether (sulfide) groups is 1. The van der Waals surface area contributed by atoms with Crippen LogP contribution in [0.2, 0.25) is 0 Å². The van der Waals surface area contributed by atoms with E-state index in [0.717, 1.165) is 22.0 Å². The van der Waals surface area contributed by atoms with E-state index in [0.29, 0.717) is 5.75 Å². The molecule has 0 aliphatic carbocycles. The lowest BCUT2D eigenvalue weighted by Gasteiger charge is -2.26. The second-order valence-electron chi connectivity index (χ2n) is 9.83. The van der Waals surface area contributed by atoms with Gasteiger partial charge in [-0.15, -0.1) is 0 Å². The zero-order valence-corrected chi connectivity index (χ0v) is 23.8. The maximum Gasteiger partial charge on any atom is 0.326 e. The van der Waals surface area contributed by atoms with E-state index in [9.17, 15) is 29.4 Å². The molecule has 1 aromatic heterocycles.